The molecule has 3 heterocycles. The monoisotopic (exact) mass is 445 g/mol. The molecule has 0 bridgehead atoms. The van der Waals surface area contributed by atoms with Crippen molar-refractivity contribution in [2.45, 2.75) is 58.2 Å². The summed E-state index contributed by atoms with van der Waals surface area (Å²) in [5.74, 6) is 0.779. The SMILES string of the molecule is CCCS(=O)(=O)NC1CCN(C(=O)c2ccoc2CN2c3ccccc3CC2C)CC1. The van der Waals surface area contributed by atoms with Crippen LogP contribution in [-0.2, 0) is 23.0 Å². The van der Waals surface area contributed by atoms with Crippen molar-refractivity contribution >= 4 is 21.6 Å². The molecular weight excluding hydrogens is 414 g/mol. The number of fused-ring (bicyclic) bond motifs is 1. The van der Waals surface area contributed by atoms with E-state index in [1.54, 1.807) is 17.2 Å². The lowest BCUT2D eigenvalue weighted by Gasteiger charge is -2.32. The largest absolute Gasteiger partial charge is 0.467 e. The Hall–Kier alpha value is -2.32. The minimum absolute atomic E-state index is 0.0428. The number of likely N-dealkylation sites (tertiary alicyclic amines) is 1. The van der Waals surface area contributed by atoms with E-state index >= 15 is 0 Å². The number of benzene rings is 1. The summed E-state index contributed by atoms with van der Waals surface area (Å²) in [4.78, 5) is 17.3. The molecule has 0 saturated carbocycles. The van der Waals surface area contributed by atoms with Gasteiger partial charge in [-0.1, -0.05) is 25.1 Å². The molecule has 1 N–H and O–H groups in total. The Labute approximate surface area is 184 Å². The summed E-state index contributed by atoms with van der Waals surface area (Å²) in [5, 5.41) is 0. The van der Waals surface area contributed by atoms with Crippen LogP contribution in [-0.4, -0.2) is 50.2 Å². The van der Waals surface area contributed by atoms with Crippen molar-refractivity contribution in [1.29, 1.82) is 0 Å². The number of para-hydroxylation sites is 1. The third-order valence-electron chi connectivity index (χ3n) is 6.24. The van der Waals surface area contributed by atoms with Gasteiger partial charge in [-0.3, -0.25) is 4.79 Å². The van der Waals surface area contributed by atoms with Crippen LogP contribution in [0.25, 0.3) is 0 Å². The highest BCUT2D eigenvalue weighted by Gasteiger charge is 2.31. The van der Waals surface area contributed by atoms with Crippen LogP contribution in [0.15, 0.2) is 41.0 Å². The molecule has 2 aliphatic heterocycles. The lowest BCUT2D eigenvalue weighted by Crippen LogP contribution is -2.47. The minimum Gasteiger partial charge on any atom is -0.467 e. The topological polar surface area (TPSA) is 82.9 Å². The Morgan fingerprint density at radius 1 is 1.19 bits per heavy atom. The molecule has 1 fully saturated rings. The van der Waals surface area contributed by atoms with E-state index in [0.29, 0.717) is 56.3 Å². The lowest BCUT2D eigenvalue weighted by atomic mass is 10.0. The molecule has 7 nitrogen and oxygen atoms in total. The zero-order chi connectivity index (χ0) is 22.0. The molecule has 0 aliphatic carbocycles. The fraction of sp³-hybridized carbons (Fsp3) is 0.522. The van der Waals surface area contributed by atoms with E-state index < -0.39 is 10.0 Å². The van der Waals surface area contributed by atoms with Gasteiger partial charge in [0.25, 0.3) is 5.91 Å². The lowest BCUT2D eigenvalue weighted by molar-refractivity contribution is 0.0709. The van der Waals surface area contributed by atoms with Gasteiger partial charge >= 0.3 is 0 Å². The minimum atomic E-state index is -3.24. The molecule has 1 amide bonds. The normalized spacial score (nSPS) is 19.6. The van der Waals surface area contributed by atoms with Crippen LogP contribution in [0.1, 0.15) is 54.8 Å². The van der Waals surface area contributed by atoms with Crippen LogP contribution in [0.5, 0.6) is 0 Å². The van der Waals surface area contributed by atoms with Crippen molar-refractivity contribution in [3.05, 3.63) is 53.5 Å². The van der Waals surface area contributed by atoms with Crippen molar-refractivity contribution in [2.75, 3.05) is 23.7 Å². The van der Waals surface area contributed by atoms with Crippen molar-refractivity contribution in [3.63, 3.8) is 0 Å². The number of hydrogen-bond donors (Lipinski definition) is 1. The molecule has 2 aromatic rings. The number of piperidine rings is 1. The van der Waals surface area contributed by atoms with Gasteiger partial charge in [0.05, 0.1) is 24.1 Å². The van der Waals surface area contributed by atoms with Crippen molar-refractivity contribution < 1.29 is 17.6 Å². The van der Waals surface area contributed by atoms with Gasteiger partial charge in [0, 0.05) is 30.9 Å². The zero-order valence-electron chi connectivity index (χ0n) is 18.2. The summed E-state index contributed by atoms with van der Waals surface area (Å²) in [6, 6.07) is 10.4. The zero-order valence-corrected chi connectivity index (χ0v) is 19.0. The molecule has 4 rings (SSSR count). The highest BCUT2D eigenvalue weighted by Crippen LogP contribution is 2.33. The van der Waals surface area contributed by atoms with Gasteiger partial charge in [-0.15, -0.1) is 0 Å². The van der Waals surface area contributed by atoms with Crippen LogP contribution in [0.2, 0.25) is 0 Å². The van der Waals surface area contributed by atoms with Gasteiger partial charge in [0.2, 0.25) is 10.0 Å². The van der Waals surface area contributed by atoms with E-state index in [4.69, 9.17) is 4.42 Å². The molecule has 168 valence electrons. The molecule has 8 heteroatoms. The van der Waals surface area contributed by atoms with Crippen molar-refractivity contribution in [2.24, 2.45) is 0 Å². The van der Waals surface area contributed by atoms with Gasteiger partial charge in [0.15, 0.2) is 0 Å². The first-order chi connectivity index (χ1) is 14.9. The first-order valence-electron chi connectivity index (χ1n) is 11.1. The van der Waals surface area contributed by atoms with Crippen molar-refractivity contribution in [3.8, 4) is 0 Å². The highest BCUT2D eigenvalue weighted by molar-refractivity contribution is 7.89. The molecule has 0 radical (unpaired) electrons. The maximum Gasteiger partial charge on any atom is 0.257 e. The number of amides is 1. The molecule has 31 heavy (non-hydrogen) atoms. The summed E-state index contributed by atoms with van der Waals surface area (Å²) >= 11 is 0. The molecule has 1 atom stereocenters. The highest BCUT2D eigenvalue weighted by atomic mass is 32.2. The number of sulfonamides is 1. The number of rotatable bonds is 7. The Morgan fingerprint density at radius 2 is 1.94 bits per heavy atom. The first kappa shape index (κ1) is 21.9. The average molecular weight is 446 g/mol. The number of hydrogen-bond acceptors (Lipinski definition) is 5. The summed E-state index contributed by atoms with van der Waals surface area (Å²) in [5.41, 5.74) is 3.12. The number of nitrogens with one attached hydrogen (secondary N) is 1. The number of nitrogens with zero attached hydrogens (tertiary/aromatic N) is 2. The Morgan fingerprint density at radius 3 is 2.68 bits per heavy atom. The molecule has 1 aromatic carbocycles. The Balaban J connectivity index is 1.40. The molecule has 2 aliphatic rings. The second-order valence-corrected chi connectivity index (χ2v) is 10.4. The van der Waals surface area contributed by atoms with Gasteiger partial charge < -0.3 is 14.2 Å². The molecular formula is C23H31N3O4S. The summed E-state index contributed by atoms with van der Waals surface area (Å²) in [6.07, 6.45) is 4.41. The van der Waals surface area contributed by atoms with Gasteiger partial charge in [-0.2, -0.15) is 0 Å². The molecule has 1 unspecified atom stereocenters. The third kappa shape index (κ3) is 4.80. The maximum absolute atomic E-state index is 13.2. The summed E-state index contributed by atoms with van der Waals surface area (Å²) < 4.78 is 32.5. The van der Waals surface area contributed by atoms with Gasteiger partial charge in [0.1, 0.15) is 5.76 Å². The fourth-order valence-electron chi connectivity index (χ4n) is 4.63. The summed E-state index contributed by atoms with van der Waals surface area (Å²) in [6.45, 7) is 5.66. The van der Waals surface area contributed by atoms with E-state index in [1.165, 1.54) is 11.3 Å². The number of anilines is 1. The third-order valence-corrected chi connectivity index (χ3v) is 7.88. The van der Waals surface area contributed by atoms with E-state index in [1.807, 2.05) is 13.0 Å². The number of furan rings is 1. The fourth-order valence-corrected chi connectivity index (χ4v) is 6.03. The van der Waals surface area contributed by atoms with E-state index in [0.717, 1.165) is 6.42 Å². The smallest absolute Gasteiger partial charge is 0.257 e. The molecule has 1 aromatic heterocycles. The first-order valence-corrected chi connectivity index (χ1v) is 12.7. The van der Waals surface area contributed by atoms with Crippen LogP contribution < -0.4 is 9.62 Å². The standard InChI is InChI=1S/C23H31N3O4S/c1-3-14-31(28,29)24-19-8-11-25(12-9-19)23(27)20-10-13-30-22(20)16-26-17(2)15-18-6-4-5-7-21(18)26/h4-7,10,13,17,19,24H,3,8-9,11-12,14-16H2,1-2H3. The second kappa shape index (κ2) is 9.04. The van der Waals surface area contributed by atoms with Crippen LogP contribution in [0.3, 0.4) is 0 Å². The molecule has 1 saturated heterocycles. The van der Waals surface area contributed by atoms with Crippen LogP contribution in [0, 0.1) is 0 Å². The van der Waals surface area contributed by atoms with Gasteiger partial charge in [-0.25, -0.2) is 13.1 Å². The Bertz CT molecular complexity index is 1020. The second-order valence-electron chi connectivity index (χ2n) is 8.57. The Kier molecular flexibility index (Phi) is 6.39. The van der Waals surface area contributed by atoms with Gasteiger partial charge in [-0.05, 0) is 50.3 Å². The van der Waals surface area contributed by atoms with E-state index in [2.05, 4.69) is 34.7 Å². The predicted molar refractivity (Wildman–Crippen MR) is 121 cm³/mol. The number of carbonyl (C=O) groups excluding carboxylic acids is 1. The van der Waals surface area contributed by atoms with Crippen LogP contribution >= 0.6 is 0 Å². The summed E-state index contributed by atoms with van der Waals surface area (Å²) in [7, 11) is -3.24. The predicted octanol–water partition coefficient (Wildman–Crippen LogP) is 3.16. The molecule has 0 spiro atoms. The quantitative estimate of drug-likeness (QED) is 0.708. The number of carbonyl (C=O) groups is 1. The van der Waals surface area contributed by atoms with Crippen LogP contribution in [0.4, 0.5) is 5.69 Å². The van der Waals surface area contributed by atoms with E-state index in [-0.39, 0.29) is 17.7 Å². The maximum atomic E-state index is 13.2. The average Bonchev–Trinajstić information content (AvgIpc) is 3.32. The van der Waals surface area contributed by atoms with Crippen molar-refractivity contribution in [1.82, 2.24) is 9.62 Å². The van der Waals surface area contributed by atoms with E-state index in [9.17, 15) is 13.2 Å².